The first-order valence-corrected chi connectivity index (χ1v) is 9.30. The molecule has 1 aliphatic rings. The van der Waals surface area contributed by atoms with Crippen molar-refractivity contribution in [1.29, 1.82) is 0 Å². The molecule has 1 heterocycles. The van der Waals surface area contributed by atoms with E-state index in [1.54, 1.807) is 6.07 Å². The van der Waals surface area contributed by atoms with Crippen LogP contribution in [-0.4, -0.2) is 20.1 Å². The van der Waals surface area contributed by atoms with E-state index < -0.39 is 26.3 Å². The van der Waals surface area contributed by atoms with Crippen LogP contribution in [0.3, 0.4) is 0 Å². The Morgan fingerprint density at radius 2 is 2.00 bits per heavy atom. The molecule has 1 aromatic carbocycles. The van der Waals surface area contributed by atoms with Crippen LogP contribution in [-0.2, 0) is 15.6 Å². The van der Waals surface area contributed by atoms with Crippen molar-refractivity contribution < 1.29 is 17.9 Å². The predicted molar refractivity (Wildman–Crippen MR) is 82.5 cm³/mol. The highest BCUT2D eigenvalue weighted by Gasteiger charge is 2.46. The molecule has 0 amide bonds. The fraction of sp³-hybridized carbons (Fsp3) is 0.333. The van der Waals surface area contributed by atoms with Crippen LogP contribution < -0.4 is 4.72 Å². The molecule has 1 atom stereocenters. The second-order valence-electron chi connectivity index (χ2n) is 5.43. The number of sulfonamides is 1. The van der Waals surface area contributed by atoms with Gasteiger partial charge in [-0.3, -0.25) is 0 Å². The zero-order chi connectivity index (χ0) is 15.8. The van der Waals surface area contributed by atoms with Crippen LogP contribution in [0.4, 0.5) is 4.39 Å². The summed E-state index contributed by atoms with van der Waals surface area (Å²) in [4.78, 5) is 0.325. The number of rotatable bonds is 6. The molecule has 2 aromatic rings. The number of benzene rings is 1. The molecule has 0 bridgehead atoms. The molecule has 2 N–H and O–H groups in total. The van der Waals surface area contributed by atoms with Gasteiger partial charge in [-0.15, -0.1) is 11.3 Å². The maximum Gasteiger partial charge on any atom is 0.243 e. The summed E-state index contributed by atoms with van der Waals surface area (Å²) in [5, 5.41) is 12.7. The van der Waals surface area contributed by atoms with E-state index in [-0.39, 0.29) is 12.5 Å². The highest BCUT2D eigenvalue weighted by atomic mass is 32.2. The van der Waals surface area contributed by atoms with Crippen molar-refractivity contribution in [3.8, 4) is 0 Å². The summed E-state index contributed by atoms with van der Waals surface area (Å²) in [6.07, 6.45) is 1.71. The number of hydrogen-bond donors (Lipinski definition) is 2. The summed E-state index contributed by atoms with van der Waals surface area (Å²) in [7, 11) is -4.00. The lowest BCUT2D eigenvalue weighted by Gasteiger charge is -2.27. The average Bonchev–Trinajstić information content (AvgIpc) is 3.20. The lowest BCUT2D eigenvalue weighted by atomic mass is 9.96. The molecule has 3 rings (SSSR count). The first-order chi connectivity index (χ1) is 10.4. The highest BCUT2D eigenvalue weighted by Crippen LogP contribution is 2.46. The molecule has 118 valence electrons. The van der Waals surface area contributed by atoms with Crippen LogP contribution in [0, 0.1) is 11.7 Å². The third kappa shape index (κ3) is 2.94. The summed E-state index contributed by atoms with van der Waals surface area (Å²) in [6, 6.07) is 8.81. The Balaban J connectivity index is 1.83. The van der Waals surface area contributed by atoms with E-state index in [1.165, 1.54) is 29.5 Å². The summed E-state index contributed by atoms with van der Waals surface area (Å²) >= 11 is 1.39. The Hall–Kier alpha value is -1.28. The van der Waals surface area contributed by atoms with Crippen molar-refractivity contribution in [3.05, 3.63) is 52.5 Å². The summed E-state index contributed by atoms with van der Waals surface area (Å²) in [6.45, 7) is -0.158. The number of thiophene rings is 1. The van der Waals surface area contributed by atoms with Gasteiger partial charge >= 0.3 is 0 Å². The van der Waals surface area contributed by atoms with E-state index in [0.29, 0.717) is 0 Å². The fourth-order valence-electron chi connectivity index (χ4n) is 2.46. The number of nitrogens with one attached hydrogen (secondary N) is 1. The molecule has 0 aliphatic heterocycles. The second kappa shape index (κ2) is 5.73. The fourth-order valence-corrected chi connectivity index (χ4v) is 4.52. The molecule has 1 saturated carbocycles. The SMILES string of the molecule is O=S(=O)(NCC(O)(c1cccs1)C1CC1)c1ccccc1F. The second-order valence-corrected chi connectivity index (χ2v) is 8.11. The zero-order valence-electron chi connectivity index (χ0n) is 11.7. The van der Waals surface area contributed by atoms with E-state index in [2.05, 4.69) is 4.72 Å². The molecule has 1 aromatic heterocycles. The summed E-state index contributed by atoms with van der Waals surface area (Å²) in [5.41, 5.74) is -1.23. The van der Waals surface area contributed by atoms with Gasteiger partial charge in [0.1, 0.15) is 16.3 Å². The molecular weight excluding hydrogens is 325 g/mol. The van der Waals surface area contributed by atoms with Crippen LogP contribution in [0.1, 0.15) is 17.7 Å². The third-order valence-electron chi connectivity index (χ3n) is 3.86. The van der Waals surface area contributed by atoms with Gasteiger partial charge in [0.05, 0.1) is 0 Å². The molecule has 0 saturated heterocycles. The maximum absolute atomic E-state index is 13.7. The van der Waals surface area contributed by atoms with Crippen molar-refractivity contribution >= 4 is 21.4 Å². The van der Waals surface area contributed by atoms with Crippen LogP contribution in [0.25, 0.3) is 0 Å². The van der Waals surface area contributed by atoms with Gasteiger partial charge in [-0.2, -0.15) is 0 Å². The maximum atomic E-state index is 13.7. The Bertz CT molecular complexity index is 757. The van der Waals surface area contributed by atoms with Crippen LogP contribution in [0.5, 0.6) is 0 Å². The molecular formula is C15H16FNO3S2. The summed E-state index contributed by atoms with van der Waals surface area (Å²) < 4.78 is 40.5. The number of halogens is 1. The van der Waals surface area contributed by atoms with Gasteiger partial charge in [-0.1, -0.05) is 18.2 Å². The predicted octanol–water partition coefficient (Wildman–Crippen LogP) is 2.46. The molecule has 22 heavy (non-hydrogen) atoms. The van der Waals surface area contributed by atoms with Crippen molar-refractivity contribution in [3.63, 3.8) is 0 Å². The van der Waals surface area contributed by atoms with Crippen LogP contribution in [0.2, 0.25) is 0 Å². The van der Waals surface area contributed by atoms with E-state index >= 15 is 0 Å². The third-order valence-corrected chi connectivity index (χ3v) is 6.33. The first-order valence-electron chi connectivity index (χ1n) is 6.94. The number of aliphatic hydroxyl groups is 1. The largest absolute Gasteiger partial charge is 0.383 e. The van der Waals surface area contributed by atoms with Gasteiger partial charge in [0.2, 0.25) is 10.0 Å². The lowest BCUT2D eigenvalue weighted by Crippen LogP contribution is -2.42. The molecule has 7 heteroatoms. The van der Waals surface area contributed by atoms with Gasteiger partial charge in [0.15, 0.2) is 0 Å². The lowest BCUT2D eigenvalue weighted by molar-refractivity contribution is 0.0222. The molecule has 4 nitrogen and oxygen atoms in total. The topological polar surface area (TPSA) is 66.4 Å². The van der Waals surface area contributed by atoms with E-state index in [0.717, 1.165) is 23.8 Å². The van der Waals surface area contributed by atoms with Crippen molar-refractivity contribution in [2.45, 2.75) is 23.3 Å². The Morgan fingerprint density at radius 3 is 2.59 bits per heavy atom. The Kier molecular flexibility index (Phi) is 4.07. The Morgan fingerprint density at radius 1 is 1.27 bits per heavy atom. The van der Waals surface area contributed by atoms with E-state index in [9.17, 15) is 17.9 Å². The quantitative estimate of drug-likeness (QED) is 0.848. The molecule has 0 spiro atoms. The van der Waals surface area contributed by atoms with Gasteiger partial charge in [0.25, 0.3) is 0 Å². The standard InChI is InChI=1S/C15H16FNO3S2/c16-12-4-1-2-5-13(12)22(19,20)17-10-15(18,11-7-8-11)14-6-3-9-21-14/h1-6,9,11,17-18H,7-8,10H2. The Labute approximate surface area is 132 Å². The van der Waals surface area contributed by atoms with Gasteiger partial charge < -0.3 is 5.11 Å². The smallest absolute Gasteiger partial charge is 0.243 e. The zero-order valence-corrected chi connectivity index (χ0v) is 13.3. The monoisotopic (exact) mass is 341 g/mol. The van der Waals surface area contributed by atoms with Crippen LogP contribution >= 0.6 is 11.3 Å². The number of hydrogen-bond acceptors (Lipinski definition) is 4. The average molecular weight is 341 g/mol. The first kappa shape index (κ1) is 15.6. The van der Waals surface area contributed by atoms with Gasteiger partial charge in [-0.05, 0) is 42.3 Å². The molecule has 1 unspecified atom stereocenters. The summed E-state index contributed by atoms with van der Waals surface area (Å²) in [5.74, 6) is -0.768. The normalized spacial score (nSPS) is 18.1. The highest BCUT2D eigenvalue weighted by molar-refractivity contribution is 7.89. The molecule has 0 radical (unpaired) electrons. The minimum Gasteiger partial charge on any atom is -0.383 e. The van der Waals surface area contributed by atoms with Crippen LogP contribution in [0.15, 0.2) is 46.7 Å². The van der Waals surface area contributed by atoms with Gasteiger partial charge in [0, 0.05) is 11.4 Å². The van der Waals surface area contributed by atoms with E-state index in [4.69, 9.17) is 0 Å². The van der Waals surface area contributed by atoms with E-state index in [1.807, 2.05) is 11.4 Å². The molecule has 1 aliphatic carbocycles. The van der Waals surface area contributed by atoms with Gasteiger partial charge in [-0.25, -0.2) is 17.5 Å². The van der Waals surface area contributed by atoms with Crippen molar-refractivity contribution in [2.75, 3.05) is 6.54 Å². The minimum absolute atomic E-state index is 0.0365. The molecule has 1 fully saturated rings. The van der Waals surface area contributed by atoms with Crippen molar-refractivity contribution in [1.82, 2.24) is 4.72 Å². The van der Waals surface area contributed by atoms with Crippen molar-refractivity contribution in [2.24, 2.45) is 5.92 Å². The minimum atomic E-state index is -4.00.